The van der Waals surface area contributed by atoms with Crippen LogP contribution in [0.4, 0.5) is 0 Å². The lowest BCUT2D eigenvalue weighted by atomic mass is 9.93. The van der Waals surface area contributed by atoms with Crippen LogP contribution in [0.25, 0.3) is 0 Å². The van der Waals surface area contributed by atoms with Gasteiger partial charge >= 0.3 is 0 Å². The van der Waals surface area contributed by atoms with Gasteiger partial charge in [0.2, 0.25) is 5.91 Å². The van der Waals surface area contributed by atoms with Crippen LogP contribution in [0, 0.1) is 12.8 Å². The van der Waals surface area contributed by atoms with Crippen molar-refractivity contribution in [3.63, 3.8) is 0 Å². The van der Waals surface area contributed by atoms with Crippen molar-refractivity contribution in [2.24, 2.45) is 11.7 Å². The zero-order chi connectivity index (χ0) is 10.8. The Kier molecular flexibility index (Phi) is 3.53. The van der Waals surface area contributed by atoms with Gasteiger partial charge < -0.3 is 10.6 Å². The standard InChI is InChI=1S/C11H21N2O/c1-4-9-5-7-13(8-6-9)10(14)11(2,3)12/h9H,1,4-8,12H2,2-3H3. The molecule has 81 valence electrons. The van der Waals surface area contributed by atoms with Crippen LogP contribution in [0.15, 0.2) is 0 Å². The summed E-state index contributed by atoms with van der Waals surface area (Å²) in [6, 6.07) is 0. The van der Waals surface area contributed by atoms with E-state index in [2.05, 4.69) is 6.92 Å². The molecule has 1 aliphatic heterocycles. The highest BCUT2D eigenvalue weighted by Gasteiger charge is 2.30. The van der Waals surface area contributed by atoms with Gasteiger partial charge in [0, 0.05) is 13.1 Å². The third-order valence-corrected chi connectivity index (χ3v) is 2.86. The van der Waals surface area contributed by atoms with Gasteiger partial charge in [0.1, 0.15) is 0 Å². The molecule has 1 aliphatic rings. The minimum absolute atomic E-state index is 0.0695. The lowest BCUT2D eigenvalue weighted by molar-refractivity contribution is -0.137. The lowest BCUT2D eigenvalue weighted by Crippen LogP contribution is -2.53. The summed E-state index contributed by atoms with van der Waals surface area (Å²) in [4.78, 5) is 13.7. The maximum Gasteiger partial charge on any atom is 0.242 e. The molecule has 14 heavy (non-hydrogen) atoms. The topological polar surface area (TPSA) is 46.3 Å². The van der Waals surface area contributed by atoms with E-state index in [1.165, 1.54) is 0 Å². The normalized spacial score (nSPS) is 19.9. The van der Waals surface area contributed by atoms with Crippen LogP contribution in [0.3, 0.4) is 0 Å². The van der Waals surface area contributed by atoms with E-state index in [0.717, 1.165) is 32.4 Å². The summed E-state index contributed by atoms with van der Waals surface area (Å²) in [5.74, 6) is 0.764. The molecule has 0 aliphatic carbocycles. The van der Waals surface area contributed by atoms with Crippen LogP contribution < -0.4 is 5.73 Å². The van der Waals surface area contributed by atoms with E-state index < -0.39 is 5.54 Å². The molecular formula is C11H21N2O. The Morgan fingerprint density at radius 3 is 2.36 bits per heavy atom. The highest BCUT2D eigenvalue weighted by molar-refractivity contribution is 5.85. The van der Waals surface area contributed by atoms with Crippen molar-refractivity contribution in [2.75, 3.05) is 13.1 Å². The molecule has 0 aromatic rings. The van der Waals surface area contributed by atoms with E-state index in [0.29, 0.717) is 5.92 Å². The van der Waals surface area contributed by atoms with Gasteiger partial charge in [0.25, 0.3) is 0 Å². The summed E-state index contributed by atoms with van der Waals surface area (Å²) in [7, 11) is 0. The molecule has 0 bridgehead atoms. The molecule has 3 heteroatoms. The molecule has 3 nitrogen and oxygen atoms in total. The van der Waals surface area contributed by atoms with Gasteiger partial charge in [-0.05, 0) is 32.6 Å². The third kappa shape index (κ3) is 2.71. The summed E-state index contributed by atoms with van der Waals surface area (Å²) in [6.07, 6.45) is 3.13. The van der Waals surface area contributed by atoms with Crippen molar-refractivity contribution in [1.29, 1.82) is 0 Å². The summed E-state index contributed by atoms with van der Waals surface area (Å²) < 4.78 is 0. The molecule has 2 N–H and O–H groups in total. The van der Waals surface area contributed by atoms with Gasteiger partial charge in [-0.1, -0.05) is 13.3 Å². The first-order chi connectivity index (χ1) is 6.45. The number of piperidine rings is 1. The number of nitrogens with two attached hydrogens (primary N) is 1. The summed E-state index contributed by atoms with van der Waals surface area (Å²) >= 11 is 0. The largest absolute Gasteiger partial charge is 0.341 e. The number of carbonyl (C=O) groups is 1. The van der Waals surface area contributed by atoms with Crippen molar-refractivity contribution < 1.29 is 4.79 Å². The molecule has 1 amide bonds. The predicted molar refractivity (Wildman–Crippen MR) is 57.5 cm³/mol. The Labute approximate surface area is 86.6 Å². The number of hydrogen-bond acceptors (Lipinski definition) is 2. The van der Waals surface area contributed by atoms with Crippen LogP contribution in [0.1, 0.15) is 33.1 Å². The van der Waals surface area contributed by atoms with E-state index >= 15 is 0 Å². The van der Waals surface area contributed by atoms with Gasteiger partial charge in [-0.25, -0.2) is 0 Å². The van der Waals surface area contributed by atoms with Gasteiger partial charge in [0.15, 0.2) is 0 Å². The first-order valence-corrected chi connectivity index (χ1v) is 5.32. The number of amides is 1. The number of nitrogens with zero attached hydrogens (tertiary/aromatic N) is 1. The van der Waals surface area contributed by atoms with Gasteiger partial charge in [-0.3, -0.25) is 4.79 Å². The molecule has 0 atom stereocenters. The SMILES string of the molecule is [CH2]CC1CCN(C(=O)C(C)(C)N)CC1. The van der Waals surface area contributed by atoms with Gasteiger partial charge in [-0.2, -0.15) is 0 Å². The number of hydrogen-bond donors (Lipinski definition) is 1. The van der Waals surface area contributed by atoms with Crippen LogP contribution in [0.5, 0.6) is 0 Å². The fourth-order valence-electron chi connectivity index (χ4n) is 1.83. The van der Waals surface area contributed by atoms with Crippen LogP contribution in [-0.2, 0) is 4.79 Å². The fourth-order valence-corrected chi connectivity index (χ4v) is 1.83. The molecule has 1 saturated heterocycles. The number of likely N-dealkylation sites (tertiary alicyclic amines) is 1. The fraction of sp³-hybridized carbons (Fsp3) is 0.818. The molecule has 0 aromatic heterocycles. The highest BCUT2D eigenvalue weighted by Crippen LogP contribution is 2.21. The van der Waals surface area contributed by atoms with Crippen LogP contribution in [-0.4, -0.2) is 29.4 Å². The van der Waals surface area contributed by atoms with Crippen molar-refractivity contribution in [2.45, 2.75) is 38.6 Å². The van der Waals surface area contributed by atoms with Gasteiger partial charge in [-0.15, -0.1) is 0 Å². The summed E-state index contributed by atoms with van der Waals surface area (Å²) in [5.41, 5.74) is 5.05. The first-order valence-electron chi connectivity index (χ1n) is 5.32. The van der Waals surface area contributed by atoms with E-state index in [4.69, 9.17) is 5.73 Å². The lowest BCUT2D eigenvalue weighted by Gasteiger charge is -2.35. The predicted octanol–water partition coefficient (Wildman–Crippen LogP) is 1.19. The van der Waals surface area contributed by atoms with E-state index in [9.17, 15) is 4.79 Å². The molecule has 0 unspecified atom stereocenters. The van der Waals surface area contributed by atoms with Crippen LogP contribution >= 0.6 is 0 Å². The van der Waals surface area contributed by atoms with Crippen molar-refractivity contribution in [3.05, 3.63) is 6.92 Å². The van der Waals surface area contributed by atoms with Gasteiger partial charge in [0.05, 0.1) is 5.54 Å². The maximum atomic E-state index is 11.8. The smallest absolute Gasteiger partial charge is 0.242 e. The Morgan fingerprint density at radius 2 is 2.00 bits per heavy atom. The molecule has 1 rings (SSSR count). The molecule has 0 aromatic carbocycles. The minimum Gasteiger partial charge on any atom is -0.341 e. The summed E-state index contributed by atoms with van der Waals surface area (Å²) in [6.45, 7) is 9.13. The summed E-state index contributed by atoms with van der Waals surface area (Å²) in [5, 5.41) is 0. The van der Waals surface area contributed by atoms with Crippen molar-refractivity contribution in [3.8, 4) is 0 Å². The third-order valence-electron chi connectivity index (χ3n) is 2.86. The Balaban J connectivity index is 2.46. The molecular weight excluding hydrogens is 176 g/mol. The molecule has 1 fully saturated rings. The van der Waals surface area contributed by atoms with Crippen molar-refractivity contribution in [1.82, 2.24) is 4.90 Å². The van der Waals surface area contributed by atoms with Crippen LogP contribution in [0.2, 0.25) is 0 Å². The zero-order valence-corrected chi connectivity index (χ0v) is 9.25. The average Bonchev–Trinajstić information content (AvgIpc) is 2.15. The highest BCUT2D eigenvalue weighted by atomic mass is 16.2. The zero-order valence-electron chi connectivity index (χ0n) is 9.25. The van der Waals surface area contributed by atoms with E-state index in [1.54, 1.807) is 13.8 Å². The van der Waals surface area contributed by atoms with Crippen molar-refractivity contribution >= 4 is 5.91 Å². The first kappa shape index (κ1) is 11.5. The number of carbonyl (C=O) groups excluding carboxylic acids is 1. The number of rotatable bonds is 2. The molecule has 0 spiro atoms. The quantitative estimate of drug-likeness (QED) is 0.722. The van der Waals surface area contributed by atoms with E-state index in [1.807, 2.05) is 4.90 Å². The average molecular weight is 197 g/mol. The molecule has 1 radical (unpaired) electrons. The Bertz CT molecular complexity index is 200. The second kappa shape index (κ2) is 4.30. The second-order valence-electron chi connectivity index (χ2n) is 4.75. The monoisotopic (exact) mass is 197 g/mol. The second-order valence-corrected chi connectivity index (χ2v) is 4.75. The molecule has 1 heterocycles. The molecule has 0 saturated carbocycles. The minimum atomic E-state index is -0.725. The Morgan fingerprint density at radius 1 is 1.50 bits per heavy atom. The maximum absolute atomic E-state index is 11.8. The Hall–Kier alpha value is -0.570. The van der Waals surface area contributed by atoms with E-state index in [-0.39, 0.29) is 5.91 Å².